The van der Waals surface area contributed by atoms with Gasteiger partial charge in [-0.2, -0.15) is 0 Å². The van der Waals surface area contributed by atoms with E-state index in [9.17, 15) is 9.50 Å². The number of hydrogen-bond donors (Lipinski definition) is 2. The van der Waals surface area contributed by atoms with E-state index in [0.29, 0.717) is 18.3 Å². The van der Waals surface area contributed by atoms with Crippen LogP contribution in [0, 0.1) is 5.82 Å². The van der Waals surface area contributed by atoms with Gasteiger partial charge in [0, 0.05) is 6.26 Å². The number of halogens is 1. The second kappa shape index (κ2) is 7.81. The van der Waals surface area contributed by atoms with Crippen molar-refractivity contribution in [1.29, 1.82) is 0 Å². The van der Waals surface area contributed by atoms with Crippen molar-refractivity contribution in [2.24, 2.45) is 4.99 Å². The smallest absolute Gasteiger partial charge is 0.223 e. The Morgan fingerprint density at radius 3 is 2.97 bits per heavy atom. The zero-order valence-electron chi connectivity index (χ0n) is 15.5. The maximum atomic E-state index is 14.7. The highest BCUT2D eigenvalue weighted by Crippen LogP contribution is 2.32. The van der Waals surface area contributed by atoms with E-state index in [1.54, 1.807) is 0 Å². The van der Waals surface area contributed by atoms with Gasteiger partial charge in [0.2, 0.25) is 5.90 Å². The van der Waals surface area contributed by atoms with Crippen LogP contribution in [0.25, 0.3) is 22.7 Å². The SMILES string of the molecule is CCOC1=NC(c2nc3ncc(NSC)nc3n2-c2c(O)cccc2F)=C=C=C1. The minimum absolute atomic E-state index is 0.113. The van der Waals surface area contributed by atoms with Crippen molar-refractivity contribution in [3.8, 4) is 11.4 Å². The third-order valence-corrected chi connectivity index (χ3v) is 4.29. The van der Waals surface area contributed by atoms with Crippen LogP contribution in [0.4, 0.5) is 10.2 Å². The number of aromatic nitrogens is 4. The maximum absolute atomic E-state index is 14.7. The van der Waals surface area contributed by atoms with Gasteiger partial charge in [0.15, 0.2) is 34.5 Å². The number of phenolic OH excluding ortho intramolecular Hbond substituents is 1. The van der Waals surface area contributed by atoms with Crippen LogP contribution in [-0.4, -0.2) is 43.4 Å². The van der Waals surface area contributed by atoms with Crippen molar-refractivity contribution >= 4 is 40.7 Å². The summed E-state index contributed by atoms with van der Waals surface area (Å²) in [4.78, 5) is 17.6. The summed E-state index contributed by atoms with van der Waals surface area (Å²) in [5.41, 5.74) is 6.31. The van der Waals surface area contributed by atoms with Crippen LogP contribution in [0.1, 0.15) is 12.7 Å². The fraction of sp³-hybridized carbons (Fsp3) is 0.158. The van der Waals surface area contributed by atoms with Crippen LogP contribution in [-0.2, 0) is 4.74 Å². The summed E-state index contributed by atoms with van der Waals surface area (Å²) >= 11 is 1.34. The molecule has 10 heteroatoms. The largest absolute Gasteiger partial charge is 0.506 e. The highest BCUT2D eigenvalue weighted by Gasteiger charge is 2.24. The van der Waals surface area contributed by atoms with Gasteiger partial charge in [-0.15, -0.1) is 0 Å². The predicted octanol–water partition coefficient (Wildman–Crippen LogP) is 3.45. The summed E-state index contributed by atoms with van der Waals surface area (Å²) in [6.07, 6.45) is 4.89. The number of nitrogens with one attached hydrogen (secondary N) is 1. The molecule has 0 amide bonds. The zero-order chi connectivity index (χ0) is 20.4. The molecule has 4 rings (SSSR count). The van der Waals surface area contributed by atoms with Crippen LogP contribution in [0.3, 0.4) is 0 Å². The Morgan fingerprint density at radius 2 is 2.21 bits per heavy atom. The molecule has 0 aliphatic carbocycles. The number of aromatic hydroxyl groups is 1. The second-order valence-corrected chi connectivity index (χ2v) is 6.34. The van der Waals surface area contributed by atoms with Gasteiger partial charge in [-0.25, -0.2) is 24.3 Å². The summed E-state index contributed by atoms with van der Waals surface area (Å²) in [6, 6.07) is 4.03. The molecule has 0 radical (unpaired) electrons. The average Bonchev–Trinajstić information content (AvgIpc) is 3.07. The normalized spacial score (nSPS) is 12.8. The van der Waals surface area contributed by atoms with E-state index in [1.165, 1.54) is 47.0 Å². The Morgan fingerprint density at radius 1 is 1.34 bits per heavy atom. The number of phenols is 1. The number of fused-ring (bicyclic) bond motifs is 1. The molecule has 1 aromatic carbocycles. The van der Waals surface area contributed by atoms with Crippen molar-refractivity contribution < 1.29 is 14.2 Å². The fourth-order valence-electron chi connectivity index (χ4n) is 2.77. The number of para-hydroxylation sites is 1. The van der Waals surface area contributed by atoms with Gasteiger partial charge in [0.1, 0.15) is 11.4 Å². The number of ether oxygens (including phenoxy) is 1. The molecule has 1 aliphatic rings. The van der Waals surface area contributed by atoms with Gasteiger partial charge >= 0.3 is 0 Å². The van der Waals surface area contributed by atoms with E-state index >= 15 is 0 Å². The molecule has 2 N–H and O–H groups in total. The first kappa shape index (κ1) is 18.8. The number of imidazole rings is 1. The molecule has 3 aromatic rings. The molecule has 29 heavy (non-hydrogen) atoms. The van der Waals surface area contributed by atoms with Crippen LogP contribution in [0.15, 0.2) is 46.9 Å². The highest BCUT2D eigenvalue weighted by atomic mass is 32.2. The van der Waals surface area contributed by atoms with Crippen molar-refractivity contribution in [3.63, 3.8) is 0 Å². The van der Waals surface area contributed by atoms with Gasteiger partial charge in [-0.05, 0) is 24.8 Å². The number of anilines is 1. The molecule has 3 heterocycles. The van der Waals surface area contributed by atoms with E-state index in [0.717, 1.165) is 0 Å². The number of rotatable bonds is 5. The van der Waals surface area contributed by atoms with E-state index in [2.05, 4.69) is 36.1 Å². The lowest BCUT2D eigenvalue weighted by Crippen LogP contribution is -2.07. The number of hydrogen-bond acceptors (Lipinski definition) is 8. The van der Waals surface area contributed by atoms with Gasteiger partial charge < -0.3 is 14.6 Å². The summed E-state index contributed by atoms with van der Waals surface area (Å²) in [5, 5.41) is 10.4. The highest BCUT2D eigenvalue weighted by molar-refractivity contribution is 7.99. The van der Waals surface area contributed by atoms with E-state index in [4.69, 9.17) is 4.74 Å². The lowest BCUT2D eigenvalue weighted by molar-refractivity contribution is 0.330. The Kier molecular flexibility index (Phi) is 5.05. The lowest BCUT2D eigenvalue weighted by Gasteiger charge is -2.12. The van der Waals surface area contributed by atoms with E-state index in [1.807, 2.05) is 13.2 Å². The predicted molar refractivity (Wildman–Crippen MR) is 109 cm³/mol. The lowest BCUT2D eigenvalue weighted by atomic mass is 10.2. The number of benzene rings is 1. The first-order valence-corrected chi connectivity index (χ1v) is 9.80. The molecular weight excluding hydrogens is 395 g/mol. The maximum Gasteiger partial charge on any atom is 0.223 e. The van der Waals surface area contributed by atoms with Crippen LogP contribution < -0.4 is 4.72 Å². The molecule has 0 spiro atoms. The summed E-state index contributed by atoms with van der Waals surface area (Å²) in [5.74, 6) is 0.0453. The van der Waals surface area contributed by atoms with Crippen molar-refractivity contribution in [2.75, 3.05) is 17.6 Å². The standard InChI is InChI=1S/C19H15FN6O2S/c1-3-28-15-9-5-7-12(22-15)18-24-17-19(23-14(10-21-17)25-29-2)26(18)16-11(20)6-4-8-13(16)27/h4,6,8-10,27H,3H2,1-2H3,(H,23,25). The average molecular weight is 410 g/mol. The molecule has 8 nitrogen and oxygen atoms in total. The van der Waals surface area contributed by atoms with Crippen LogP contribution in [0.2, 0.25) is 0 Å². The van der Waals surface area contributed by atoms with Crippen molar-refractivity contribution in [2.45, 2.75) is 6.92 Å². The molecule has 2 aromatic heterocycles. The van der Waals surface area contributed by atoms with E-state index in [-0.39, 0.29) is 34.3 Å². The van der Waals surface area contributed by atoms with Crippen molar-refractivity contribution in [1.82, 2.24) is 19.5 Å². The summed E-state index contributed by atoms with van der Waals surface area (Å²) in [6.45, 7) is 2.25. The molecule has 0 unspecified atom stereocenters. The summed E-state index contributed by atoms with van der Waals surface area (Å²) < 4.78 is 24.5. The number of nitrogens with zero attached hydrogens (tertiary/aromatic N) is 5. The monoisotopic (exact) mass is 410 g/mol. The van der Waals surface area contributed by atoms with Crippen LogP contribution >= 0.6 is 11.9 Å². The molecule has 0 saturated heterocycles. The Labute approximate surface area is 169 Å². The Hall–Kier alpha value is -3.58. The zero-order valence-corrected chi connectivity index (χ0v) is 16.3. The van der Waals surface area contributed by atoms with E-state index < -0.39 is 5.82 Å². The summed E-state index contributed by atoms with van der Waals surface area (Å²) in [7, 11) is 0. The van der Waals surface area contributed by atoms with Gasteiger partial charge in [-0.1, -0.05) is 23.7 Å². The van der Waals surface area contributed by atoms with Gasteiger partial charge in [-0.3, -0.25) is 4.57 Å². The molecule has 0 atom stereocenters. The second-order valence-electron chi connectivity index (χ2n) is 5.73. The third kappa shape index (κ3) is 3.48. The minimum atomic E-state index is -0.652. The first-order chi connectivity index (χ1) is 14.1. The Balaban J connectivity index is 2.03. The van der Waals surface area contributed by atoms with Gasteiger partial charge in [0.25, 0.3) is 0 Å². The minimum Gasteiger partial charge on any atom is -0.506 e. The molecule has 1 aliphatic heterocycles. The third-order valence-electron chi connectivity index (χ3n) is 3.88. The van der Waals surface area contributed by atoms with Crippen LogP contribution in [0.5, 0.6) is 5.75 Å². The Bertz CT molecular complexity index is 1220. The molecule has 146 valence electrons. The van der Waals surface area contributed by atoms with Gasteiger partial charge in [0.05, 0.1) is 18.9 Å². The first-order valence-electron chi connectivity index (χ1n) is 8.58. The quantitative estimate of drug-likeness (QED) is 0.491. The number of aliphatic imine (C=N–C) groups is 1. The van der Waals surface area contributed by atoms with Crippen molar-refractivity contribution in [3.05, 3.63) is 53.6 Å². The topological polar surface area (TPSA) is 97.5 Å². The molecule has 0 bridgehead atoms. The molecule has 0 fully saturated rings. The molecular formula is C19H15FN6O2S. The molecule has 0 saturated carbocycles. The fourth-order valence-corrected chi connectivity index (χ4v) is 3.07.